The lowest BCUT2D eigenvalue weighted by atomic mass is 9.93. The van der Waals surface area contributed by atoms with Gasteiger partial charge in [-0.2, -0.15) is 0 Å². The largest absolute Gasteiger partial charge is 0.0616 e. The minimum Gasteiger partial charge on any atom is -0.0616 e. The minimum atomic E-state index is 1.31. The Morgan fingerprint density at radius 3 is 1.96 bits per heavy atom. The first-order chi connectivity index (χ1) is 11.9. The molecule has 0 amide bonds. The molecule has 0 spiro atoms. The molecule has 110 valence electrons. The van der Waals surface area contributed by atoms with Crippen LogP contribution >= 0.6 is 0 Å². The molecule has 5 aromatic carbocycles. The molecule has 0 saturated heterocycles. The van der Waals surface area contributed by atoms with E-state index >= 15 is 0 Å². The van der Waals surface area contributed by atoms with Crippen molar-refractivity contribution in [3.05, 3.63) is 84.9 Å². The van der Waals surface area contributed by atoms with Gasteiger partial charge in [-0.15, -0.1) is 0 Å². The van der Waals surface area contributed by atoms with Crippen molar-refractivity contribution in [2.75, 3.05) is 0 Å². The fourth-order valence-electron chi connectivity index (χ4n) is 4.38. The molecule has 0 unspecified atom stereocenters. The predicted octanol–water partition coefficient (Wildman–Crippen LogP) is 6.79. The van der Waals surface area contributed by atoms with E-state index in [9.17, 15) is 0 Å². The van der Waals surface area contributed by atoms with Crippen LogP contribution in [0.15, 0.2) is 84.9 Å². The van der Waals surface area contributed by atoms with Gasteiger partial charge in [-0.3, -0.25) is 0 Å². The van der Waals surface area contributed by atoms with Crippen LogP contribution in [0.3, 0.4) is 0 Å². The summed E-state index contributed by atoms with van der Waals surface area (Å²) in [4.78, 5) is 0. The lowest BCUT2D eigenvalue weighted by Crippen LogP contribution is -1.83. The smallest absolute Gasteiger partial charge is 0.00197 e. The van der Waals surface area contributed by atoms with Gasteiger partial charge in [0.05, 0.1) is 0 Å². The van der Waals surface area contributed by atoms with Crippen molar-refractivity contribution in [2.45, 2.75) is 0 Å². The van der Waals surface area contributed by atoms with Crippen LogP contribution in [0.25, 0.3) is 54.6 Å². The topological polar surface area (TPSA) is 0 Å². The van der Waals surface area contributed by atoms with Crippen LogP contribution in [0.4, 0.5) is 0 Å². The van der Waals surface area contributed by atoms with Crippen molar-refractivity contribution in [3.63, 3.8) is 0 Å². The van der Waals surface area contributed by atoms with E-state index in [4.69, 9.17) is 0 Å². The van der Waals surface area contributed by atoms with Gasteiger partial charge in [0.2, 0.25) is 0 Å². The van der Waals surface area contributed by atoms with Crippen LogP contribution in [0.2, 0.25) is 0 Å². The van der Waals surface area contributed by atoms with Crippen LogP contribution in [-0.4, -0.2) is 0 Å². The molecule has 24 heavy (non-hydrogen) atoms. The summed E-state index contributed by atoms with van der Waals surface area (Å²) in [7, 11) is 0. The highest BCUT2D eigenvalue weighted by Gasteiger charge is 2.22. The lowest BCUT2D eigenvalue weighted by Gasteiger charge is -2.10. The van der Waals surface area contributed by atoms with Crippen LogP contribution in [0.5, 0.6) is 0 Å². The van der Waals surface area contributed by atoms with E-state index in [1.54, 1.807) is 0 Å². The average Bonchev–Trinajstić information content (AvgIpc) is 2.97. The third-order valence-corrected chi connectivity index (χ3v) is 5.37. The van der Waals surface area contributed by atoms with Gasteiger partial charge in [0.1, 0.15) is 0 Å². The Balaban J connectivity index is 1.94. The second-order valence-corrected chi connectivity index (χ2v) is 6.58. The van der Waals surface area contributed by atoms with Crippen LogP contribution in [0.1, 0.15) is 0 Å². The van der Waals surface area contributed by atoms with Crippen LogP contribution in [0, 0.1) is 0 Å². The first kappa shape index (κ1) is 12.3. The number of hydrogen-bond donors (Lipinski definition) is 0. The third kappa shape index (κ3) is 1.39. The zero-order valence-corrected chi connectivity index (χ0v) is 13.1. The molecule has 0 fully saturated rings. The molecular weight excluding hydrogens is 288 g/mol. The standard InChI is InChI=1S/C24H14/c1-2-7-17-15(6-1)12-13-16-14-22-19-9-4-3-8-18(19)20-10-5-11-21(23(16)17)24(20)22/h1-14H. The Morgan fingerprint density at radius 1 is 0.375 bits per heavy atom. The quantitative estimate of drug-likeness (QED) is 0.271. The van der Waals surface area contributed by atoms with E-state index in [-0.39, 0.29) is 0 Å². The molecule has 0 radical (unpaired) electrons. The van der Waals surface area contributed by atoms with E-state index in [1.807, 2.05) is 0 Å². The molecule has 0 N–H and O–H groups in total. The maximum absolute atomic E-state index is 2.37. The molecule has 6 rings (SSSR count). The van der Waals surface area contributed by atoms with Gasteiger partial charge in [-0.25, -0.2) is 0 Å². The van der Waals surface area contributed by atoms with E-state index in [0.29, 0.717) is 0 Å². The summed E-state index contributed by atoms with van der Waals surface area (Å²) in [6.45, 7) is 0. The highest BCUT2D eigenvalue weighted by atomic mass is 14.2. The van der Waals surface area contributed by atoms with Gasteiger partial charge >= 0.3 is 0 Å². The average molecular weight is 302 g/mol. The molecule has 1 aliphatic carbocycles. The molecule has 0 nitrogen and oxygen atoms in total. The zero-order valence-electron chi connectivity index (χ0n) is 13.1. The highest BCUT2D eigenvalue weighted by Crippen LogP contribution is 2.49. The highest BCUT2D eigenvalue weighted by molar-refractivity contribution is 6.28. The Kier molecular flexibility index (Phi) is 2.18. The van der Waals surface area contributed by atoms with Crippen molar-refractivity contribution in [3.8, 4) is 22.3 Å². The van der Waals surface area contributed by atoms with E-state index < -0.39 is 0 Å². The first-order valence-electron chi connectivity index (χ1n) is 8.39. The molecular formula is C24H14. The fraction of sp³-hybridized carbons (Fsp3) is 0. The van der Waals surface area contributed by atoms with Crippen molar-refractivity contribution in [1.82, 2.24) is 0 Å². The molecule has 5 aromatic rings. The van der Waals surface area contributed by atoms with E-state index in [2.05, 4.69) is 84.9 Å². The van der Waals surface area contributed by atoms with Crippen molar-refractivity contribution >= 4 is 32.3 Å². The second-order valence-electron chi connectivity index (χ2n) is 6.58. The summed E-state index contributed by atoms with van der Waals surface area (Å²) in [6.07, 6.45) is 0. The van der Waals surface area contributed by atoms with Gasteiger partial charge in [0.15, 0.2) is 0 Å². The molecule has 0 bridgehead atoms. The Hall–Kier alpha value is -3.12. The molecule has 0 heteroatoms. The number of rotatable bonds is 0. The zero-order chi connectivity index (χ0) is 15.7. The Labute approximate surface area is 140 Å². The summed E-state index contributed by atoms with van der Waals surface area (Å²) in [5.41, 5.74) is 5.46. The maximum Gasteiger partial charge on any atom is -0.00197 e. The lowest BCUT2D eigenvalue weighted by molar-refractivity contribution is 1.70. The van der Waals surface area contributed by atoms with Crippen molar-refractivity contribution < 1.29 is 0 Å². The summed E-state index contributed by atoms with van der Waals surface area (Å²) >= 11 is 0. The summed E-state index contributed by atoms with van der Waals surface area (Å²) in [5.74, 6) is 0. The fourth-order valence-corrected chi connectivity index (χ4v) is 4.38. The van der Waals surface area contributed by atoms with E-state index in [0.717, 1.165) is 0 Å². The summed E-state index contributed by atoms with van der Waals surface area (Å²) < 4.78 is 0. The van der Waals surface area contributed by atoms with E-state index in [1.165, 1.54) is 54.6 Å². The number of benzene rings is 5. The molecule has 0 atom stereocenters. The SMILES string of the molecule is c1ccc2c(c1)-c1cccc3c1c-2cc1ccc2ccccc2c13. The van der Waals surface area contributed by atoms with Crippen molar-refractivity contribution in [2.24, 2.45) is 0 Å². The minimum absolute atomic E-state index is 1.31. The molecule has 0 heterocycles. The predicted molar refractivity (Wildman–Crippen MR) is 103 cm³/mol. The monoisotopic (exact) mass is 302 g/mol. The number of fused-ring (bicyclic) bond motifs is 7. The second kappa shape index (κ2) is 4.24. The Morgan fingerprint density at radius 2 is 1.04 bits per heavy atom. The molecule has 1 aliphatic rings. The normalized spacial score (nSPS) is 12.2. The third-order valence-electron chi connectivity index (χ3n) is 5.37. The summed E-state index contributed by atoms with van der Waals surface area (Å²) in [6, 6.07) is 31.1. The molecule has 0 aromatic heterocycles. The van der Waals surface area contributed by atoms with Crippen molar-refractivity contribution in [1.29, 1.82) is 0 Å². The molecule has 0 saturated carbocycles. The molecule has 0 aliphatic heterocycles. The van der Waals surface area contributed by atoms with Gasteiger partial charge < -0.3 is 0 Å². The first-order valence-corrected chi connectivity index (χ1v) is 8.39. The van der Waals surface area contributed by atoms with Gasteiger partial charge in [0, 0.05) is 0 Å². The van der Waals surface area contributed by atoms with Gasteiger partial charge in [-0.05, 0) is 60.6 Å². The van der Waals surface area contributed by atoms with Crippen LogP contribution in [-0.2, 0) is 0 Å². The maximum atomic E-state index is 2.37. The number of hydrogen-bond acceptors (Lipinski definition) is 0. The van der Waals surface area contributed by atoms with Gasteiger partial charge in [-0.1, -0.05) is 78.9 Å². The van der Waals surface area contributed by atoms with Crippen LogP contribution < -0.4 is 0 Å². The van der Waals surface area contributed by atoms with Gasteiger partial charge in [0.25, 0.3) is 0 Å². The Bertz CT molecular complexity index is 1290. The summed E-state index contributed by atoms with van der Waals surface area (Å²) in [5, 5.41) is 8.12.